The standard InChI is InChI=1S/C54H38S/c1-53(2)44-19-11-9-13-33(44)34-23-21-32(30-46(34)53)50-37-16-7-5-14-35(37)49(36-15-6-8-17-38(36)50)31-22-27-45-43(29-31)41-25-24-39-40(52(41)54(45,3)4)26-28-48-51(39)42-18-10-12-20-47(42)55-48/h5-30H,1-4H3. The molecule has 0 fully saturated rings. The highest BCUT2D eigenvalue weighted by molar-refractivity contribution is 7.26. The molecule has 1 aromatic heterocycles. The molecule has 12 rings (SSSR count). The minimum atomic E-state index is -0.128. The Kier molecular flexibility index (Phi) is 6.16. The second-order valence-corrected chi connectivity index (χ2v) is 17.9. The summed E-state index contributed by atoms with van der Waals surface area (Å²) >= 11 is 1.90. The lowest BCUT2D eigenvalue weighted by molar-refractivity contribution is 0.660. The number of hydrogen-bond donors (Lipinski definition) is 0. The monoisotopic (exact) mass is 718 g/mol. The average Bonchev–Trinajstić information content (AvgIpc) is 3.79. The summed E-state index contributed by atoms with van der Waals surface area (Å²) in [4.78, 5) is 0. The fraction of sp³-hybridized carbons (Fsp3) is 0.111. The number of hydrogen-bond acceptors (Lipinski definition) is 1. The molecule has 2 aliphatic rings. The Morgan fingerprint density at radius 3 is 1.62 bits per heavy atom. The first-order chi connectivity index (χ1) is 26.8. The molecule has 0 N–H and O–H groups in total. The maximum Gasteiger partial charge on any atom is 0.0361 e. The summed E-state index contributed by atoms with van der Waals surface area (Å²) in [7, 11) is 0. The van der Waals surface area contributed by atoms with E-state index in [4.69, 9.17) is 0 Å². The average molecular weight is 719 g/mol. The molecule has 9 aromatic carbocycles. The fourth-order valence-corrected chi connectivity index (χ4v) is 11.9. The Balaban J connectivity index is 1.08. The third kappa shape index (κ3) is 4.06. The summed E-state index contributed by atoms with van der Waals surface area (Å²) in [5, 5.41) is 10.7. The molecule has 0 unspecified atom stereocenters. The molecule has 260 valence electrons. The van der Waals surface area contributed by atoms with Crippen LogP contribution in [0.1, 0.15) is 49.9 Å². The topological polar surface area (TPSA) is 0 Å². The largest absolute Gasteiger partial charge is 0.135 e. The van der Waals surface area contributed by atoms with Crippen LogP contribution in [0, 0.1) is 0 Å². The number of thiophene rings is 1. The van der Waals surface area contributed by atoms with Gasteiger partial charge in [0.1, 0.15) is 0 Å². The van der Waals surface area contributed by atoms with Gasteiger partial charge in [0.2, 0.25) is 0 Å². The van der Waals surface area contributed by atoms with Crippen molar-refractivity contribution in [3.8, 4) is 44.5 Å². The Labute approximate surface area is 325 Å². The van der Waals surface area contributed by atoms with Crippen LogP contribution in [0.15, 0.2) is 158 Å². The smallest absolute Gasteiger partial charge is 0.0361 e. The second-order valence-electron chi connectivity index (χ2n) is 16.8. The second kappa shape index (κ2) is 10.8. The predicted octanol–water partition coefficient (Wildman–Crippen LogP) is 15.5. The zero-order valence-corrected chi connectivity index (χ0v) is 32.2. The zero-order chi connectivity index (χ0) is 36.8. The Bertz CT molecular complexity index is 3260. The SMILES string of the molecule is CC1(C)c2ccccc2-c2ccc(-c3c4ccccc4c(-c4ccc5c(c4)-c4ccc6c(ccc7sc8ccccc8c76)c4C5(C)C)c4ccccc34)cc21. The highest BCUT2D eigenvalue weighted by atomic mass is 32.1. The van der Waals surface area contributed by atoms with Crippen LogP contribution in [0.2, 0.25) is 0 Å². The van der Waals surface area contributed by atoms with Gasteiger partial charge in [-0.15, -0.1) is 11.3 Å². The lowest BCUT2D eigenvalue weighted by Gasteiger charge is -2.24. The molecule has 0 radical (unpaired) electrons. The van der Waals surface area contributed by atoms with Crippen molar-refractivity contribution < 1.29 is 0 Å². The van der Waals surface area contributed by atoms with Crippen LogP contribution in [0.3, 0.4) is 0 Å². The highest BCUT2D eigenvalue weighted by Crippen LogP contribution is 2.55. The Hall–Kier alpha value is -6.02. The number of benzene rings is 9. The molecule has 0 nitrogen and oxygen atoms in total. The molecule has 0 bridgehead atoms. The molecule has 0 amide bonds. The van der Waals surface area contributed by atoms with E-state index in [-0.39, 0.29) is 10.8 Å². The summed E-state index contributed by atoms with van der Waals surface area (Å²) in [5.41, 5.74) is 16.1. The van der Waals surface area contributed by atoms with Gasteiger partial charge < -0.3 is 0 Å². The summed E-state index contributed by atoms with van der Waals surface area (Å²) < 4.78 is 2.72. The van der Waals surface area contributed by atoms with E-state index < -0.39 is 0 Å². The maximum absolute atomic E-state index is 2.50. The summed E-state index contributed by atoms with van der Waals surface area (Å²) in [6.45, 7) is 9.59. The predicted molar refractivity (Wildman–Crippen MR) is 238 cm³/mol. The van der Waals surface area contributed by atoms with E-state index in [9.17, 15) is 0 Å². The summed E-state index contributed by atoms with van der Waals surface area (Å²) in [5.74, 6) is 0. The third-order valence-corrected chi connectivity index (χ3v) is 14.4. The number of rotatable bonds is 2. The van der Waals surface area contributed by atoms with Gasteiger partial charge in [0, 0.05) is 31.0 Å². The molecule has 0 atom stereocenters. The summed E-state index contributed by atoms with van der Waals surface area (Å²) in [6.07, 6.45) is 0. The first-order valence-electron chi connectivity index (χ1n) is 19.5. The van der Waals surface area contributed by atoms with E-state index in [1.165, 1.54) is 119 Å². The van der Waals surface area contributed by atoms with Crippen LogP contribution in [0.4, 0.5) is 0 Å². The van der Waals surface area contributed by atoms with Crippen LogP contribution >= 0.6 is 11.3 Å². The molecule has 0 saturated carbocycles. The van der Waals surface area contributed by atoms with E-state index in [1.54, 1.807) is 0 Å². The quantitative estimate of drug-likeness (QED) is 0.156. The van der Waals surface area contributed by atoms with Gasteiger partial charge in [0.05, 0.1) is 0 Å². The van der Waals surface area contributed by atoms with Crippen molar-refractivity contribution in [2.24, 2.45) is 0 Å². The van der Waals surface area contributed by atoms with Crippen molar-refractivity contribution in [1.29, 1.82) is 0 Å². The van der Waals surface area contributed by atoms with E-state index in [2.05, 4.69) is 185 Å². The van der Waals surface area contributed by atoms with Crippen molar-refractivity contribution in [3.05, 3.63) is 180 Å². The lowest BCUT2D eigenvalue weighted by atomic mass is 9.79. The van der Waals surface area contributed by atoms with Gasteiger partial charge in [-0.05, 0) is 123 Å². The Morgan fingerprint density at radius 2 is 0.891 bits per heavy atom. The van der Waals surface area contributed by atoms with Crippen LogP contribution < -0.4 is 0 Å². The van der Waals surface area contributed by atoms with Crippen molar-refractivity contribution in [3.63, 3.8) is 0 Å². The maximum atomic E-state index is 2.50. The fourth-order valence-electron chi connectivity index (χ4n) is 10.7. The summed E-state index contributed by atoms with van der Waals surface area (Å²) in [6, 6.07) is 60.0. The normalized spacial score (nSPS) is 14.8. The van der Waals surface area contributed by atoms with Gasteiger partial charge in [0.25, 0.3) is 0 Å². The van der Waals surface area contributed by atoms with Crippen LogP contribution in [-0.4, -0.2) is 0 Å². The van der Waals surface area contributed by atoms with Crippen LogP contribution in [-0.2, 0) is 10.8 Å². The molecule has 2 aliphatic carbocycles. The zero-order valence-electron chi connectivity index (χ0n) is 31.4. The molecule has 10 aromatic rings. The minimum Gasteiger partial charge on any atom is -0.135 e. The van der Waals surface area contributed by atoms with E-state index in [0.717, 1.165) is 0 Å². The molecular formula is C54H38S. The van der Waals surface area contributed by atoms with E-state index in [1.807, 2.05) is 11.3 Å². The van der Waals surface area contributed by atoms with Gasteiger partial charge in [0.15, 0.2) is 0 Å². The van der Waals surface area contributed by atoms with E-state index in [0.29, 0.717) is 0 Å². The molecule has 1 heteroatoms. The number of fused-ring (bicyclic) bond motifs is 14. The van der Waals surface area contributed by atoms with Gasteiger partial charge in [-0.3, -0.25) is 0 Å². The van der Waals surface area contributed by atoms with E-state index >= 15 is 0 Å². The van der Waals surface area contributed by atoms with Gasteiger partial charge in [-0.2, -0.15) is 0 Å². The lowest BCUT2D eigenvalue weighted by Crippen LogP contribution is -2.15. The molecule has 55 heavy (non-hydrogen) atoms. The van der Waals surface area contributed by atoms with Crippen molar-refractivity contribution in [2.75, 3.05) is 0 Å². The minimum absolute atomic E-state index is 0.0587. The van der Waals surface area contributed by atoms with Gasteiger partial charge in [-0.1, -0.05) is 161 Å². The van der Waals surface area contributed by atoms with Crippen molar-refractivity contribution in [1.82, 2.24) is 0 Å². The van der Waals surface area contributed by atoms with Gasteiger partial charge >= 0.3 is 0 Å². The molecule has 0 spiro atoms. The first-order valence-corrected chi connectivity index (χ1v) is 20.3. The Morgan fingerprint density at radius 1 is 0.345 bits per heavy atom. The van der Waals surface area contributed by atoms with Crippen molar-refractivity contribution >= 4 is 63.8 Å². The van der Waals surface area contributed by atoms with Crippen LogP contribution in [0.5, 0.6) is 0 Å². The molecule has 1 heterocycles. The van der Waals surface area contributed by atoms with Gasteiger partial charge in [-0.25, -0.2) is 0 Å². The highest BCUT2D eigenvalue weighted by Gasteiger charge is 2.38. The molecule has 0 saturated heterocycles. The third-order valence-electron chi connectivity index (χ3n) is 13.2. The molecular weight excluding hydrogens is 681 g/mol. The van der Waals surface area contributed by atoms with Crippen LogP contribution in [0.25, 0.3) is 97.0 Å². The first kappa shape index (κ1) is 31.3. The molecule has 0 aliphatic heterocycles. The van der Waals surface area contributed by atoms with Crippen molar-refractivity contribution in [2.45, 2.75) is 38.5 Å².